The van der Waals surface area contributed by atoms with Gasteiger partial charge in [-0.05, 0) is 23.3 Å². The molecular formula is C20H26ClN3O3. The first-order valence-electron chi connectivity index (χ1n) is 8.49. The Labute approximate surface area is 165 Å². The van der Waals surface area contributed by atoms with Crippen molar-refractivity contribution in [2.75, 3.05) is 13.7 Å². The first-order valence-corrected chi connectivity index (χ1v) is 8.49. The summed E-state index contributed by atoms with van der Waals surface area (Å²) in [5, 5.41) is 5.40. The summed E-state index contributed by atoms with van der Waals surface area (Å²) in [4.78, 5) is 24.1. The summed E-state index contributed by atoms with van der Waals surface area (Å²) in [6.45, 7) is 2.06. The SMILES string of the molecule is COc1ccc(CNC(=O)CNC(=O)C(C)C(N)c2ccccc2)cc1.Cl. The van der Waals surface area contributed by atoms with Gasteiger partial charge in [0.1, 0.15) is 5.75 Å². The molecule has 0 radical (unpaired) electrons. The van der Waals surface area contributed by atoms with Crippen LogP contribution < -0.4 is 21.1 Å². The van der Waals surface area contributed by atoms with Crippen molar-refractivity contribution in [1.29, 1.82) is 0 Å². The number of hydrogen-bond acceptors (Lipinski definition) is 4. The highest BCUT2D eigenvalue weighted by Gasteiger charge is 2.22. The minimum atomic E-state index is -0.438. The maximum Gasteiger partial charge on any atom is 0.239 e. The van der Waals surface area contributed by atoms with Gasteiger partial charge in [-0.2, -0.15) is 0 Å². The normalized spacial score (nSPS) is 12.3. The maximum atomic E-state index is 12.2. The minimum Gasteiger partial charge on any atom is -0.497 e. The fourth-order valence-electron chi connectivity index (χ4n) is 2.46. The average molecular weight is 392 g/mol. The predicted octanol–water partition coefficient (Wildman–Crippen LogP) is 2.19. The Bertz CT molecular complexity index is 723. The average Bonchev–Trinajstić information content (AvgIpc) is 2.70. The van der Waals surface area contributed by atoms with Crippen LogP contribution in [0.25, 0.3) is 0 Å². The fraction of sp³-hybridized carbons (Fsp3) is 0.300. The van der Waals surface area contributed by atoms with Crippen LogP contribution in [-0.4, -0.2) is 25.5 Å². The number of benzene rings is 2. The number of rotatable bonds is 8. The molecule has 0 heterocycles. The number of methoxy groups -OCH3 is 1. The van der Waals surface area contributed by atoms with Gasteiger partial charge in [-0.25, -0.2) is 0 Å². The van der Waals surface area contributed by atoms with E-state index in [1.165, 1.54) is 0 Å². The highest BCUT2D eigenvalue weighted by molar-refractivity contribution is 5.86. The summed E-state index contributed by atoms with van der Waals surface area (Å²) in [6, 6.07) is 16.4. The third-order valence-electron chi connectivity index (χ3n) is 4.21. The summed E-state index contributed by atoms with van der Waals surface area (Å²) < 4.78 is 5.09. The van der Waals surface area contributed by atoms with Crippen LogP contribution in [0.3, 0.4) is 0 Å². The van der Waals surface area contributed by atoms with E-state index in [1.54, 1.807) is 14.0 Å². The van der Waals surface area contributed by atoms with E-state index in [9.17, 15) is 9.59 Å². The number of amides is 2. The largest absolute Gasteiger partial charge is 0.497 e. The van der Waals surface area contributed by atoms with E-state index < -0.39 is 12.0 Å². The van der Waals surface area contributed by atoms with Crippen LogP contribution in [0, 0.1) is 5.92 Å². The van der Waals surface area contributed by atoms with Crippen molar-refractivity contribution in [1.82, 2.24) is 10.6 Å². The number of ether oxygens (including phenoxy) is 1. The first-order chi connectivity index (χ1) is 12.5. The minimum absolute atomic E-state index is 0. The highest BCUT2D eigenvalue weighted by Crippen LogP contribution is 2.18. The van der Waals surface area contributed by atoms with Crippen molar-refractivity contribution in [3.05, 3.63) is 65.7 Å². The molecule has 0 bridgehead atoms. The monoisotopic (exact) mass is 391 g/mol. The van der Waals surface area contributed by atoms with Gasteiger partial charge in [0, 0.05) is 12.6 Å². The second-order valence-corrected chi connectivity index (χ2v) is 6.07. The van der Waals surface area contributed by atoms with Crippen LogP contribution in [0.1, 0.15) is 24.1 Å². The molecule has 0 aliphatic carbocycles. The molecule has 0 saturated carbocycles. The molecule has 0 spiro atoms. The molecule has 0 aliphatic rings. The standard InChI is InChI=1S/C20H25N3O3.ClH/c1-14(19(21)16-6-4-3-5-7-16)20(25)23-13-18(24)22-12-15-8-10-17(26-2)11-9-15;/h3-11,14,19H,12-13,21H2,1-2H3,(H,22,24)(H,23,25);1H. The summed E-state index contributed by atoms with van der Waals surface area (Å²) in [6.07, 6.45) is 0. The highest BCUT2D eigenvalue weighted by atomic mass is 35.5. The van der Waals surface area contributed by atoms with Crippen LogP contribution in [0.5, 0.6) is 5.75 Å². The number of halogens is 1. The second kappa shape index (κ2) is 11.2. The second-order valence-electron chi connectivity index (χ2n) is 6.07. The Kier molecular flexibility index (Phi) is 9.33. The van der Waals surface area contributed by atoms with Gasteiger partial charge < -0.3 is 21.1 Å². The van der Waals surface area contributed by atoms with E-state index in [-0.39, 0.29) is 30.8 Å². The van der Waals surface area contributed by atoms with E-state index >= 15 is 0 Å². The van der Waals surface area contributed by atoms with Crippen LogP contribution in [0.15, 0.2) is 54.6 Å². The smallest absolute Gasteiger partial charge is 0.239 e. The number of carbonyl (C=O) groups excluding carboxylic acids is 2. The van der Waals surface area contributed by atoms with Crippen molar-refractivity contribution in [3.8, 4) is 5.75 Å². The summed E-state index contributed by atoms with van der Waals surface area (Å²) in [7, 11) is 1.60. The van der Waals surface area contributed by atoms with E-state index in [0.29, 0.717) is 6.54 Å². The van der Waals surface area contributed by atoms with Crippen LogP contribution >= 0.6 is 12.4 Å². The summed E-state index contributed by atoms with van der Waals surface area (Å²) >= 11 is 0. The van der Waals surface area contributed by atoms with Crippen LogP contribution in [-0.2, 0) is 16.1 Å². The molecular weight excluding hydrogens is 366 g/mol. The van der Waals surface area contributed by atoms with Gasteiger partial charge in [-0.15, -0.1) is 12.4 Å². The molecule has 0 aromatic heterocycles. The van der Waals surface area contributed by atoms with Crippen molar-refractivity contribution >= 4 is 24.2 Å². The Balaban J connectivity index is 0.00000364. The van der Waals surface area contributed by atoms with Gasteiger partial charge in [0.05, 0.1) is 19.6 Å². The lowest BCUT2D eigenvalue weighted by Gasteiger charge is -2.19. The third kappa shape index (κ3) is 6.92. The van der Waals surface area contributed by atoms with Gasteiger partial charge in [0.25, 0.3) is 0 Å². The maximum absolute atomic E-state index is 12.2. The number of nitrogens with two attached hydrogens (primary N) is 1. The Hall–Kier alpha value is -2.57. The van der Waals surface area contributed by atoms with Gasteiger partial charge in [-0.3, -0.25) is 9.59 Å². The molecule has 0 aliphatic heterocycles. The lowest BCUT2D eigenvalue weighted by Crippen LogP contribution is -2.41. The van der Waals surface area contributed by atoms with Gasteiger partial charge in [0.15, 0.2) is 0 Å². The fourth-order valence-corrected chi connectivity index (χ4v) is 2.46. The molecule has 2 amide bonds. The lowest BCUT2D eigenvalue weighted by molar-refractivity contribution is -0.128. The van der Waals surface area contributed by atoms with Crippen molar-refractivity contribution in [3.63, 3.8) is 0 Å². The van der Waals surface area contributed by atoms with Crippen LogP contribution in [0.2, 0.25) is 0 Å². The van der Waals surface area contributed by atoms with Crippen LogP contribution in [0.4, 0.5) is 0 Å². The zero-order valence-electron chi connectivity index (χ0n) is 15.5. The van der Waals surface area contributed by atoms with Crippen molar-refractivity contribution in [2.45, 2.75) is 19.5 Å². The van der Waals surface area contributed by atoms with Gasteiger partial charge in [0.2, 0.25) is 11.8 Å². The molecule has 2 rings (SSSR count). The third-order valence-corrected chi connectivity index (χ3v) is 4.21. The van der Waals surface area contributed by atoms with E-state index in [4.69, 9.17) is 10.5 Å². The molecule has 2 aromatic carbocycles. The lowest BCUT2D eigenvalue weighted by atomic mass is 9.95. The number of carbonyl (C=O) groups is 2. The zero-order valence-corrected chi connectivity index (χ0v) is 16.3. The quantitative estimate of drug-likeness (QED) is 0.643. The Morgan fingerprint density at radius 3 is 2.26 bits per heavy atom. The molecule has 0 saturated heterocycles. The molecule has 4 N–H and O–H groups in total. The van der Waals surface area contributed by atoms with Crippen molar-refractivity contribution in [2.24, 2.45) is 11.7 Å². The molecule has 27 heavy (non-hydrogen) atoms. The molecule has 2 unspecified atom stereocenters. The number of nitrogens with one attached hydrogen (secondary N) is 2. The summed E-state index contributed by atoms with van der Waals surface area (Å²) in [5.74, 6) is -0.182. The molecule has 2 aromatic rings. The molecule has 7 heteroatoms. The Morgan fingerprint density at radius 1 is 1.04 bits per heavy atom. The molecule has 6 nitrogen and oxygen atoms in total. The van der Waals surface area contributed by atoms with Gasteiger partial charge >= 0.3 is 0 Å². The van der Waals surface area contributed by atoms with Gasteiger partial charge in [-0.1, -0.05) is 49.4 Å². The summed E-state index contributed by atoms with van der Waals surface area (Å²) in [5.41, 5.74) is 7.97. The molecule has 2 atom stereocenters. The Morgan fingerprint density at radius 2 is 1.67 bits per heavy atom. The zero-order chi connectivity index (χ0) is 18.9. The van der Waals surface area contributed by atoms with E-state index in [1.807, 2.05) is 54.6 Å². The van der Waals surface area contributed by atoms with E-state index in [2.05, 4.69) is 10.6 Å². The first kappa shape index (κ1) is 22.5. The molecule has 146 valence electrons. The van der Waals surface area contributed by atoms with Crippen molar-refractivity contribution < 1.29 is 14.3 Å². The topological polar surface area (TPSA) is 93.5 Å². The number of hydrogen-bond donors (Lipinski definition) is 3. The predicted molar refractivity (Wildman–Crippen MR) is 108 cm³/mol. The molecule has 0 fully saturated rings. The van der Waals surface area contributed by atoms with E-state index in [0.717, 1.165) is 16.9 Å².